The second kappa shape index (κ2) is 5.31. The molecule has 3 heterocycles. The molecule has 0 unspecified atom stereocenters. The number of carbonyl (C=O) groups is 2. The van der Waals surface area contributed by atoms with Crippen molar-refractivity contribution < 1.29 is 19.4 Å². The van der Waals surface area contributed by atoms with Crippen molar-refractivity contribution in [3.63, 3.8) is 0 Å². The van der Waals surface area contributed by atoms with Crippen LogP contribution in [0.2, 0.25) is 0 Å². The number of amides is 1. The second-order valence-corrected chi connectivity index (χ2v) is 6.63. The number of hydrogen-bond donors (Lipinski definition) is 1. The monoisotopic (exact) mass is 325 g/mol. The molecule has 124 valence electrons. The van der Waals surface area contributed by atoms with Gasteiger partial charge in [0.05, 0.1) is 18.1 Å². The average molecular weight is 325 g/mol. The van der Waals surface area contributed by atoms with Crippen molar-refractivity contribution in [2.75, 3.05) is 0 Å². The van der Waals surface area contributed by atoms with Gasteiger partial charge < -0.3 is 14.7 Å². The fourth-order valence-corrected chi connectivity index (χ4v) is 4.44. The van der Waals surface area contributed by atoms with Crippen LogP contribution in [0.25, 0.3) is 0 Å². The quantitative estimate of drug-likeness (QED) is 0.841. The highest BCUT2D eigenvalue weighted by Crippen LogP contribution is 2.55. The Hall–Kier alpha value is -2.40. The van der Waals surface area contributed by atoms with Gasteiger partial charge in [0.1, 0.15) is 11.5 Å². The summed E-state index contributed by atoms with van der Waals surface area (Å²) in [6.45, 7) is 4.25. The van der Waals surface area contributed by atoms with E-state index in [1.807, 2.05) is 36.4 Å². The highest BCUT2D eigenvalue weighted by molar-refractivity contribution is 5.91. The minimum atomic E-state index is -0.969. The molecular formula is C19H19NO4. The van der Waals surface area contributed by atoms with E-state index in [1.165, 1.54) is 0 Å². The fourth-order valence-electron chi connectivity index (χ4n) is 4.44. The third kappa shape index (κ3) is 1.91. The number of carboxylic acids is 1. The van der Waals surface area contributed by atoms with Crippen molar-refractivity contribution in [2.24, 2.45) is 11.8 Å². The first-order valence-electron chi connectivity index (χ1n) is 8.14. The van der Waals surface area contributed by atoms with Crippen LogP contribution in [0.3, 0.4) is 0 Å². The van der Waals surface area contributed by atoms with Crippen LogP contribution in [-0.4, -0.2) is 39.6 Å². The molecule has 0 aromatic heterocycles. The van der Waals surface area contributed by atoms with Gasteiger partial charge in [-0.3, -0.25) is 9.59 Å². The molecule has 5 atom stereocenters. The van der Waals surface area contributed by atoms with E-state index < -0.39 is 29.5 Å². The van der Waals surface area contributed by atoms with Gasteiger partial charge in [-0.05, 0) is 12.0 Å². The molecule has 1 aromatic carbocycles. The summed E-state index contributed by atoms with van der Waals surface area (Å²) in [6, 6.07) is 9.50. The predicted molar refractivity (Wildman–Crippen MR) is 87.0 cm³/mol. The lowest BCUT2D eigenvalue weighted by Gasteiger charge is -2.32. The molecule has 0 aliphatic carbocycles. The van der Waals surface area contributed by atoms with Crippen LogP contribution in [0.4, 0.5) is 0 Å². The highest BCUT2D eigenvalue weighted by Gasteiger charge is 2.70. The summed E-state index contributed by atoms with van der Waals surface area (Å²) in [6.07, 6.45) is 5.52. The van der Waals surface area contributed by atoms with Gasteiger partial charge in [0.2, 0.25) is 5.91 Å². The molecule has 4 rings (SSSR count). The first-order chi connectivity index (χ1) is 11.6. The number of rotatable bonds is 5. The molecule has 1 amide bonds. The molecule has 3 aliphatic heterocycles. The van der Waals surface area contributed by atoms with Crippen LogP contribution in [0, 0.1) is 11.8 Å². The second-order valence-electron chi connectivity index (χ2n) is 6.63. The molecule has 2 saturated heterocycles. The van der Waals surface area contributed by atoms with Crippen molar-refractivity contribution in [3.8, 4) is 0 Å². The van der Waals surface area contributed by atoms with Crippen LogP contribution in [0.5, 0.6) is 0 Å². The van der Waals surface area contributed by atoms with E-state index in [0.29, 0.717) is 13.0 Å². The summed E-state index contributed by atoms with van der Waals surface area (Å²) in [4.78, 5) is 26.6. The Morgan fingerprint density at radius 1 is 1.38 bits per heavy atom. The van der Waals surface area contributed by atoms with Crippen molar-refractivity contribution in [1.82, 2.24) is 4.90 Å². The normalized spacial score (nSPS) is 36.2. The van der Waals surface area contributed by atoms with Crippen molar-refractivity contribution >= 4 is 11.9 Å². The SMILES string of the molecule is C=CC[C@@H]1N(Cc2ccccc2)C(=O)[C@@H]2[C@@H](C(=O)O)[C@@H]3C=C[C@]21O3. The summed E-state index contributed by atoms with van der Waals surface area (Å²) in [5.41, 5.74) is 0.176. The molecule has 2 bridgehead atoms. The Morgan fingerprint density at radius 3 is 2.79 bits per heavy atom. The number of fused-ring (bicyclic) bond motifs is 1. The number of ether oxygens (including phenoxy) is 1. The fraction of sp³-hybridized carbons (Fsp3) is 0.368. The minimum absolute atomic E-state index is 0.134. The lowest BCUT2D eigenvalue weighted by Crippen LogP contribution is -2.44. The third-order valence-corrected chi connectivity index (χ3v) is 5.40. The van der Waals surface area contributed by atoms with Gasteiger partial charge in [0, 0.05) is 6.54 Å². The number of benzene rings is 1. The largest absolute Gasteiger partial charge is 0.481 e. The van der Waals surface area contributed by atoms with Crippen LogP contribution < -0.4 is 0 Å². The number of hydrogen-bond acceptors (Lipinski definition) is 3. The Morgan fingerprint density at radius 2 is 2.12 bits per heavy atom. The molecule has 1 aromatic rings. The van der Waals surface area contributed by atoms with Crippen LogP contribution >= 0.6 is 0 Å². The van der Waals surface area contributed by atoms with Gasteiger partial charge in [0.15, 0.2) is 0 Å². The zero-order valence-electron chi connectivity index (χ0n) is 13.2. The van der Waals surface area contributed by atoms with Crippen LogP contribution in [0.1, 0.15) is 12.0 Å². The lowest BCUT2D eigenvalue weighted by molar-refractivity contribution is -0.148. The number of carbonyl (C=O) groups excluding carboxylic acids is 1. The Kier molecular flexibility index (Phi) is 3.35. The zero-order chi connectivity index (χ0) is 16.9. The first-order valence-corrected chi connectivity index (χ1v) is 8.14. The summed E-state index contributed by atoms with van der Waals surface area (Å²) < 4.78 is 6.06. The molecule has 2 fully saturated rings. The van der Waals surface area contributed by atoms with Crippen molar-refractivity contribution in [1.29, 1.82) is 0 Å². The summed E-state index contributed by atoms with van der Waals surface area (Å²) in [7, 11) is 0. The van der Waals surface area contributed by atoms with Gasteiger partial charge in [-0.1, -0.05) is 48.6 Å². The van der Waals surface area contributed by atoms with E-state index in [4.69, 9.17) is 4.74 Å². The smallest absolute Gasteiger partial charge is 0.310 e. The Balaban J connectivity index is 1.73. The topological polar surface area (TPSA) is 66.8 Å². The third-order valence-electron chi connectivity index (χ3n) is 5.40. The van der Waals surface area contributed by atoms with Gasteiger partial charge in [-0.15, -0.1) is 6.58 Å². The summed E-state index contributed by atoms with van der Waals surface area (Å²) in [5.74, 6) is -2.57. The van der Waals surface area contributed by atoms with Gasteiger partial charge in [-0.25, -0.2) is 0 Å². The van der Waals surface area contributed by atoms with E-state index in [-0.39, 0.29) is 11.9 Å². The van der Waals surface area contributed by atoms with E-state index in [1.54, 1.807) is 17.1 Å². The maximum absolute atomic E-state index is 13.1. The molecule has 1 N–H and O–H groups in total. The van der Waals surface area contributed by atoms with Crippen LogP contribution in [0.15, 0.2) is 55.1 Å². The maximum Gasteiger partial charge on any atom is 0.310 e. The van der Waals surface area contributed by atoms with Gasteiger partial charge in [0.25, 0.3) is 0 Å². The number of nitrogens with zero attached hydrogens (tertiary/aromatic N) is 1. The summed E-state index contributed by atoms with van der Waals surface area (Å²) >= 11 is 0. The Labute approximate surface area is 140 Å². The van der Waals surface area contributed by atoms with Crippen molar-refractivity contribution in [2.45, 2.75) is 30.7 Å². The van der Waals surface area contributed by atoms with E-state index in [9.17, 15) is 14.7 Å². The molecule has 5 heteroatoms. The summed E-state index contributed by atoms with van der Waals surface area (Å²) in [5, 5.41) is 9.58. The molecule has 0 radical (unpaired) electrons. The standard InChI is InChI=1S/C19H19NO4/c1-2-6-14-19-10-9-13(24-19)15(18(22)23)16(19)17(21)20(14)11-12-7-4-3-5-8-12/h2-5,7-10,13-16H,1,6,11H2,(H,22,23)/t13-,14-,15-,16-,19+/m0/s1. The molecular weight excluding hydrogens is 306 g/mol. The molecule has 1 spiro atoms. The van der Waals surface area contributed by atoms with Crippen LogP contribution in [-0.2, 0) is 20.9 Å². The molecule has 3 aliphatic rings. The van der Waals surface area contributed by atoms with Gasteiger partial charge >= 0.3 is 5.97 Å². The molecule has 24 heavy (non-hydrogen) atoms. The Bertz CT molecular complexity index is 728. The maximum atomic E-state index is 13.1. The lowest BCUT2D eigenvalue weighted by atomic mass is 9.74. The number of aliphatic carboxylic acids is 1. The van der Waals surface area contributed by atoms with E-state index in [2.05, 4.69) is 6.58 Å². The van der Waals surface area contributed by atoms with Crippen molar-refractivity contribution in [3.05, 3.63) is 60.7 Å². The highest BCUT2D eigenvalue weighted by atomic mass is 16.5. The number of likely N-dealkylation sites (tertiary alicyclic amines) is 1. The minimum Gasteiger partial charge on any atom is -0.481 e. The van der Waals surface area contributed by atoms with E-state index in [0.717, 1.165) is 5.56 Å². The predicted octanol–water partition coefficient (Wildman–Crippen LogP) is 2.00. The van der Waals surface area contributed by atoms with Gasteiger partial charge in [-0.2, -0.15) is 0 Å². The number of carboxylic acid groups (broad SMARTS) is 1. The zero-order valence-corrected chi connectivity index (χ0v) is 13.2. The average Bonchev–Trinajstić information content (AvgIpc) is 3.20. The molecule has 5 nitrogen and oxygen atoms in total. The first kappa shape index (κ1) is 15.1. The van der Waals surface area contributed by atoms with E-state index >= 15 is 0 Å². The molecule has 0 saturated carbocycles.